The van der Waals surface area contributed by atoms with E-state index in [0.29, 0.717) is 6.54 Å². The summed E-state index contributed by atoms with van der Waals surface area (Å²) < 4.78 is 28.3. The van der Waals surface area contributed by atoms with Crippen molar-refractivity contribution in [2.75, 3.05) is 14.2 Å². The molecule has 0 unspecified atom stereocenters. The van der Waals surface area contributed by atoms with Crippen molar-refractivity contribution in [3.8, 4) is 0 Å². The molecule has 5 atom stereocenters. The molecule has 2 aliphatic rings. The second-order valence-corrected chi connectivity index (χ2v) is 7.02. The molecule has 2 heterocycles. The van der Waals surface area contributed by atoms with E-state index >= 15 is 0 Å². The molecule has 3 rings (SSSR count). The highest BCUT2D eigenvalue weighted by Crippen LogP contribution is 2.39. The first-order chi connectivity index (χ1) is 12.4. The number of nitrogens with one attached hydrogen (secondary N) is 1. The average molecular weight is 365 g/mol. The maximum absolute atomic E-state index is 11.9. The topological polar surface area (TPSA) is 75.3 Å². The number of hydrogen-bond acceptors (Lipinski definition) is 7. The number of carbonyl (C=O) groups excluding carboxylic acids is 1. The maximum atomic E-state index is 11.9. The fourth-order valence-corrected chi connectivity index (χ4v) is 3.51. The van der Waals surface area contributed by atoms with E-state index < -0.39 is 18.2 Å². The van der Waals surface area contributed by atoms with Crippen molar-refractivity contribution >= 4 is 5.97 Å². The zero-order valence-corrected chi connectivity index (χ0v) is 15.6. The first-order valence-corrected chi connectivity index (χ1v) is 8.81. The van der Waals surface area contributed by atoms with E-state index in [0.717, 1.165) is 5.56 Å². The Labute approximate surface area is 153 Å². The number of fused-ring (bicyclic) bond motifs is 1. The third-order valence-electron chi connectivity index (χ3n) is 4.72. The molecule has 1 N–H and O–H groups in total. The minimum atomic E-state index is -0.716. The molecule has 0 saturated carbocycles. The highest BCUT2D eigenvalue weighted by Gasteiger charge is 2.56. The van der Waals surface area contributed by atoms with E-state index in [2.05, 4.69) is 5.32 Å². The van der Waals surface area contributed by atoms with Gasteiger partial charge in [-0.1, -0.05) is 30.3 Å². The Morgan fingerprint density at radius 2 is 1.96 bits per heavy atom. The smallest absolute Gasteiger partial charge is 0.307 e. The summed E-state index contributed by atoms with van der Waals surface area (Å²) in [5.74, 6) is -1.03. The van der Waals surface area contributed by atoms with Gasteiger partial charge in [-0.25, -0.2) is 0 Å². The van der Waals surface area contributed by atoms with E-state index in [1.807, 2.05) is 44.2 Å². The molecule has 1 aromatic carbocycles. The molecule has 1 aromatic rings. The Balaban J connectivity index is 1.72. The van der Waals surface area contributed by atoms with Crippen molar-refractivity contribution in [3.63, 3.8) is 0 Å². The highest BCUT2D eigenvalue weighted by atomic mass is 16.8. The number of esters is 1. The van der Waals surface area contributed by atoms with Gasteiger partial charge in [-0.15, -0.1) is 0 Å². The molecule has 0 spiro atoms. The normalized spacial score (nSPS) is 30.8. The van der Waals surface area contributed by atoms with E-state index in [4.69, 9.17) is 23.7 Å². The number of carbonyl (C=O) groups is 1. The van der Waals surface area contributed by atoms with Gasteiger partial charge in [0.1, 0.15) is 18.3 Å². The van der Waals surface area contributed by atoms with Gasteiger partial charge in [-0.05, 0) is 19.4 Å². The number of methoxy groups -OCH3 is 2. The summed E-state index contributed by atoms with van der Waals surface area (Å²) >= 11 is 0. The molecule has 0 amide bonds. The van der Waals surface area contributed by atoms with Crippen LogP contribution in [0.4, 0.5) is 0 Å². The summed E-state index contributed by atoms with van der Waals surface area (Å²) in [5.41, 5.74) is 1.11. The summed E-state index contributed by atoms with van der Waals surface area (Å²) in [6.07, 6.45) is -1.43. The lowest BCUT2D eigenvalue weighted by molar-refractivity contribution is -0.220. The Kier molecular flexibility index (Phi) is 5.94. The van der Waals surface area contributed by atoms with Gasteiger partial charge < -0.3 is 29.0 Å². The van der Waals surface area contributed by atoms with E-state index in [9.17, 15) is 4.79 Å². The summed E-state index contributed by atoms with van der Waals surface area (Å²) in [4.78, 5) is 11.9. The zero-order valence-electron chi connectivity index (χ0n) is 15.6. The standard InChI is InChI=1S/C19H27NO6/c1-19(2)25-17-16(23-4)15(24-18(17)26-19)13(10-14(21)22-3)20-11-12-8-6-5-7-9-12/h5-9,13,15-18,20H,10-11H2,1-4H3/t13-,15+,16+,17+,18+/m0/s1. The quantitative estimate of drug-likeness (QED) is 0.736. The second kappa shape index (κ2) is 8.02. The highest BCUT2D eigenvalue weighted by molar-refractivity contribution is 5.70. The molecular formula is C19H27NO6. The van der Waals surface area contributed by atoms with E-state index in [1.54, 1.807) is 7.11 Å². The minimum Gasteiger partial charge on any atom is -0.469 e. The van der Waals surface area contributed by atoms with Crippen molar-refractivity contribution in [2.24, 2.45) is 0 Å². The minimum absolute atomic E-state index is 0.163. The molecule has 0 aliphatic carbocycles. The molecule has 2 aliphatic heterocycles. The molecule has 0 aromatic heterocycles. The van der Waals surface area contributed by atoms with Crippen LogP contribution in [0.3, 0.4) is 0 Å². The van der Waals surface area contributed by atoms with Gasteiger partial charge >= 0.3 is 5.97 Å². The van der Waals surface area contributed by atoms with Crippen LogP contribution in [0.1, 0.15) is 25.8 Å². The molecule has 7 nitrogen and oxygen atoms in total. The number of ether oxygens (including phenoxy) is 5. The third kappa shape index (κ3) is 4.24. The SMILES string of the molecule is COC(=O)C[C@H](NCc1ccccc1)[C@H]1O[C@@H]2OC(C)(C)O[C@@H]2[C@@H]1OC. The van der Waals surface area contributed by atoms with Crippen LogP contribution in [-0.4, -0.2) is 56.6 Å². The van der Waals surface area contributed by atoms with Crippen molar-refractivity contribution < 1.29 is 28.5 Å². The third-order valence-corrected chi connectivity index (χ3v) is 4.72. The van der Waals surface area contributed by atoms with Crippen LogP contribution in [0, 0.1) is 0 Å². The first-order valence-electron chi connectivity index (χ1n) is 8.81. The van der Waals surface area contributed by atoms with Gasteiger partial charge in [0.2, 0.25) is 0 Å². The van der Waals surface area contributed by atoms with Crippen molar-refractivity contribution in [3.05, 3.63) is 35.9 Å². The number of rotatable bonds is 7. The first kappa shape index (κ1) is 19.3. The summed E-state index contributed by atoms with van der Waals surface area (Å²) in [5, 5.41) is 3.40. The van der Waals surface area contributed by atoms with Crippen LogP contribution in [0.5, 0.6) is 0 Å². The Bertz CT molecular complexity index is 607. The van der Waals surface area contributed by atoms with E-state index in [-0.39, 0.29) is 30.6 Å². The molecule has 0 bridgehead atoms. The average Bonchev–Trinajstić information content (AvgIpc) is 3.10. The number of benzene rings is 1. The monoisotopic (exact) mass is 365 g/mol. The molecule has 26 heavy (non-hydrogen) atoms. The molecule has 144 valence electrons. The van der Waals surface area contributed by atoms with Crippen molar-refractivity contribution in [1.29, 1.82) is 0 Å². The largest absolute Gasteiger partial charge is 0.469 e. The van der Waals surface area contributed by atoms with Gasteiger partial charge in [0.05, 0.1) is 13.5 Å². The van der Waals surface area contributed by atoms with Crippen LogP contribution >= 0.6 is 0 Å². The molecular weight excluding hydrogens is 338 g/mol. The van der Waals surface area contributed by atoms with Crippen molar-refractivity contribution in [1.82, 2.24) is 5.32 Å². The second-order valence-electron chi connectivity index (χ2n) is 7.02. The van der Waals surface area contributed by atoms with E-state index in [1.165, 1.54) is 7.11 Å². The van der Waals surface area contributed by atoms with Gasteiger partial charge in [0.25, 0.3) is 0 Å². The molecule has 2 saturated heterocycles. The Hall–Kier alpha value is -1.51. The predicted molar refractivity (Wildman–Crippen MR) is 93.2 cm³/mol. The van der Waals surface area contributed by atoms with Crippen LogP contribution < -0.4 is 5.32 Å². The molecule has 7 heteroatoms. The van der Waals surface area contributed by atoms with Crippen LogP contribution in [-0.2, 0) is 35.0 Å². The lowest BCUT2D eigenvalue weighted by Crippen LogP contribution is -2.49. The summed E-state index contributed by atoms with van der Waals surface area (Å²) in [6.45, 7) is 4.29. The Morgan fingerprint density at radius 1 is 1.23 bits per heavy atom. The summed E-state index contributed by atoms with van der Waals surface area (Å²) in [7, 11) is 2.99. The molecule has 0 radical (unpaired) electrons. The fraction of sp³-hybridized carbons (Fsp3) is 0.632. The lowest BCUT2D eigenvalue weighted by Gasteiger charge is -2.30. The van der Waals surface area contributed by atoms with Crippen LogP contribution in [0.25, 0.3) is 0 Å². The summed E-state index contributed by atoms with van der Waals surface area (Å²) in [6, 6.07) is 9.67. The van der Waals surface area contributed by atoms with Crippen LogP contribution in [0.2, 0.25) is 0 Å². The van der Waals surface area contributed by atoms with Crippen molar-refractivity contribution in [2.45, 2.75) is 63.2 Å². The number of hydrogen-bond donors (Lipinski definition) is 1. The predicted octanol–water partition coefficient (Wildman–Crippen LogP) is 1.60. The van der Waals surface area contributed by atoms with Gasteiger partial charge in [-0.2, -0.15) is 0 Å². The maximum Gasteiger partial charge on any atom is 0.307 e. The van der Waals surface area contributed by atoms with Gasteiger partial charge in [0.15, 0.2) is 12.1 Å². The van der Waals surface area contributed by atoms with Crippen LogP contribution in [0.15, 0.2) is 30.3 Å². The fourth-order valence-electron chi connectivity index (χ4n) is 3.51. The lowest BCUT2D eigenvalue weighted by atomic mass is 10.00. The van der Waals surface area contributed by atoms with Gasteiger partial charge in [-0.3, -0.25) is 4.79 Å². The zero-order chi connectivity index (χ0) is 18.7. The van der Waals surface area contributed by atoms with Gasteiger partial charge in [0, 0.05) is 19.7 Å². The Morgan fingerprint density at radius 3 is 2.62 bits per heavy atom. The molecule has 2 fully saturated rings.